The smallest absolute Gasteiger partial charge is 0.253 e. The van der Waals surface area contributed by atoms with Gasteiger partial charge in [-0.25, -0.2) is 0 Å². The number of benzene rings is 1. The van der Waals surface area contributed by atoms with Crippen molar-refractivity contribution in [2.75, 3.05) is 0 Å². The summed E-state index contributed by atoms with van der Waals surface area (Å²) in [4.78, 5) is 11.5. The summed E-state index contributed by atoms with van der Waals surface area (Å²) in [6.45, 7) is 0. The highest BCUT2D eigenvalue weighted by Crippen LogP contribution is 2.32. The van der Waals surface area contributed by atoms with Crippen LogP contribution in [0, 0.1) is 0 Å². The molecule has 0 heterocycles. The summed E-state index contributed by atoms with van der Waals surface area (Å²) in [7, 11) is 0. The quantitative estimate of drug-likeness (QED) is 0.538. The van der Waals surface area contributed by atoms with Crippen molar-refractivity contribution in [2.45, 2.75) is 3.79 Å². The summed E-state index contributed by atoms with van der Waals surface area (Å²) in [6, 6.07) is 4.59. The Morgan fingerprint density at radius 1 is 1.29 bits per heavy atom. The molecule has 0 aliphatic heterocycles. The number of carbonyl (C=O) groups is 1. The topological polar surface area (TPSA) is 17.1 Å². The van der Waals surface area contributed by atoms with Crippen LogP contribution in [0.3, 0.4) is 0 Å². The first-order chi connectivity index (χ1) is 6.32. The van der Waals surface area contributed by atoms with Gasteiger partial charge in [0, 0.05) is 10.0 Å². The molecule has 0 amide bonds. The first kappa shape index (κ1) is 12.6. The molecule has 0 aliphatic carbocycles. The van der Waals surface area contributed by atoms with E-state index in [4.69, 9.17) is 46.4 Å². The van der Waals surface area contributed by atoms with E-state index in [1.54, 1.807) is 6.07 Å². The number of hydrogen-bond acceptors (Lipinski definition) is 1. The summed E-state index contributed by atoms with van der Waals surface area (Å²) in [5.74, 6) is -0.600. The maximum absolute atomic E-state index is 11.5. The molecule has 0 aliphatic rings. The van der Waals surface area contributed by atoms with E-state index in [2.05, 4.69) is 15.9 Å². The first-order valence-electron chi connectivity index (χ1n) is 3.39. The molecule has 0 N–H and O–H groups in total. The number of halogens is 5. The lowest BCUT2D eigenvalue weighted by molar-refractivity contribution is 0.0996. The molecule has 0 unspecified atom stereocenters. The molecule has 0 atom stereocenters. The number of ketones is 1. The Morgan fingerprint density at radius 2 is 1.86 bits per heavy atom. The van der Waals surface area contributed by atoms with Gasteiger partial charge in [0.05, 0.1) is 5.02 Å². The average Bonchev–Trinajstić information content (AvgIpc) is 2.07. The van der Waals surface area contributed by atoms with Crippen LogP contribution in [0.1, 0.15) is 10.4 Å². The Labute approximate surface area is 109 Å². The number of Topliss-reactive ketones (excluding diaryl/α,β-unsaturated/α-hetero) is 1. The third-order valence-corrected chi connectivity index (χ3v) is 3.19. The molecular weight excluding hydrogens is 334 g/mol. The van der Waals surface area contributed by atoms with E-state index in [9.17, 15) is 4.79 Å². The Balaban J connectivity index is 3.10. The SMILES string of the molecule is O=C(c1ccc(Br)c(Cl)c1)C(Cl)(Cl)Cl. The van der Waals surface area contributed by atoms with Gasteiger partial charge in [0.2, 0.25) is 5.78 Å². The van der Waals surface area contributed by atoms with E-state index in [1.165, 1.54) is 12.1 Å². The van der Waals surface area contributed by atoms with Crippen LogP contribution < -0.4 is 0 Å². The fourth-order valence-corrected chi connectivity index (χ4v) is 1.56. The van der Waals surface area contributed by atoms with Gasteiger partial charge >= 0.3 is 0 Å². The fraction of sp³-hybridized carbons (Fsp3) is 0.125. The van der Waals surface area contributed by atoms with Gasteiger partial charge in [-0.3, -0.25) is 4.79 Å². The summed E-state index contributed by atoms with van der Waals surface area (Å²) in [6.07, 6.45) is 0. The average molecular weight is 337 g/mol. The third-order valence-electron chi connectivity index (χ3n) is 1.44. The largest absolute Gasteiger partial charge is 0.289 e. The van der Waals surface area contributed by atoms with Gasteiger partial charge < -0.3 is 0 Å². The molecule has 0 fully saturated rings. The lowest BCUT2D eigenvalue weighted by Crippen LogP contribution is -2.18. The molecule has 6 heteroatoms. The van der Waals surface area contributed by atoms with Crippen molar-refractivity contribution in [1.29, 1.82) is 0 Å². The summed E-state index contributed by atoms with van der Waals surface area (Å²) in [5.41, 5.74) is 0.262. The highest BCUT2D eigenvalue weighted by molar-refractivity contribution is 9.10. The Morgan fingerprint density at radius 3 is 2.29 bits per heavy atom. The molecule has 76 valence electrons. The fourth-order valence-electron chi connectivity index (χ4n) is 0.801. The van der Waals surface area contributed by atoms with E-state index in [1.807, 2.05) is 0 Å². The molecule has 0 saturated heterocycles. The van der Waals surface area contributed by atoms with Gasteiger partial charge in [0.1, 0.15) is 0 Å². The summed E-state index contributed by atoms with van der Waals surface area (Å²) < 4.78 is -1.27. The molecule has 1 aromatic rings. The molecule has 0 radical (unpaired) electrons. The Bertz CT molecular complexity index is 372. The first-order valence-corrected chi connectivity index (χ1v) is 5.69. The Kier molecular flexibility index (Phi) is 4.12. The maximum Gasteiger partial charge on any atom is 0.253 e. The Hall–Kier alpha value is 0.530. The normalized spacial score (nSPS) is 11.5. The van der Waals surface area contributed by atoms with Crippen LogP contribution in [0.15, 0.2) is 22.7 Å². The minimum atomic E-state index is -1.95. The molecule has 14 heavy (non-hydrogen) atoms. The van der Waals surface area contributed by atoms with Crippen LogP contribution in [-0.2, 0) is 0 Å². The van der Waals surface area contributed by atoms with Crippen molar-refractivity contribution >= 4 is 68.1 Å². The van der Waals surface area contributed by atoms with Gasteiger partial charge in [0.15, 0.2) is 0 Å². The number of hydrogen-bond donors (Lipinski definition) is 0. The standard InChI is InChI=1S/C8H3BrCl4O/c9-5-2-1-4(3-6(5)10)7(14)8(11,12)13/h1-3H. The van der Waals surface area contributed by atoms with Crippen molar-refractivity contribution in [3.63, 3.8) is 0 Å². The van der Waals surface area contributed by atoms with Crippen molar-refractivity contribution in [1.82, 2.24) is 0 Å². The van der Waals surface area contributed by atoms with E-state index in [0.717, 1.165) is 0 Å². The highest BCUT2D eigenvalue weighted by Gasteiger charge is 2.31. The highest BCUT2D eigenvalue weighted by atomic mass is 79.9. The number of rotatable bonds is 1. The summed E-state index contributed by atoms with van der Waals surface area (Å²) >= 11 is 25.3. The van der Waals surface area contributed by atoms with Crippen molar-refractivity contribution in [3.8, 4) is 0 Å². The lowest BCUT2D eigenvalue weighted by Gasteiger charge is -2.09. The van der Waals surface area contributed by atoms with E-state index >= 15 is 0 Å². The van der Waals surface area contributed by atoms with Gasteiger partial charge in [-0.2, -0.15) is 0 Å². The molecule has 1 nitrogen and oxygen atoms in total. The van der Waals surface area contributed by atoms with Gasteiger partial charge in [-0.05, 0) is 28.1 Å². The predicted molar refractivity (Wildman–Crippen MR) is 63.8 cm³/mol. The van der Waals surface area contributed by atoms with E-state index in [-0.39, 0.29) is 5.56 Å². The lowest BCUT2D eigenvalue weighted by atomic mass is 10.1. The second-order valence-corrected chi connectivity index (χ2v) is 6.00. The van der Waals surface area contributed by atoms with Crippen LogP contribution in [-0.4, -0.2) is 9.58 Å². The van der Waals surface area contributed by atoms with Gasteiger partial charge in [-0.1, -0.05) is 52.5 Å². The molecule has 0 aromatic heterocycles. The van der Waals surface area contributed by atoms with E-state index in [0.29, 0.717) is 9.50 Å². The molecule has 0 bridgehead atoms. The zero-order chi connectivity index (χ0) is 10.9. The van der Waals surface area contributed by atoms with Crippen molar-refractivity contribution < 1.29 is 4.79 Å². The molecular formula is C8H3BrCl4O. The second-order valence-electron chi connectivity index (χ2n) is 2.46. The third kappa shape index (κ3) is 3.01. The molecule has 1 aromatic carbocycles. The van der Waals surface area contributed by atoms with Crippen LogP contribution in [0.5, 0.6) is 0 Å². The minimum absolute atomic E-state index is 0.262. The van der Waals surface area contributed by atoms with Gasteiger partial charge in [0.25, 0.3) is 3.79 Å². The molecule has 1 rings (SSSR count). The zero-order valence-corrected chi connectivity index (χ0v) is 11.1. The van der Waals surface area contributed by atoms with E-state index < -0.39 is 9.58 Å². The van der Waals surface area contributed by atoms with Crippen LogP contribution in [0.4, 0.5) is 0 Å². The molecule has 0 saturated carbocycles. The van der Waals surface area contributed by atoms with Gasteiger partial charge in [-0.15, -0.1) is 0 Å². The molecule has 0 spiro atoms. The minimum Gasteiger partial charge on any atom is -0.289 e. The summed E-state index contributed by atoms with van der Waals surface area (Å²) in [5, 5.41) is 0.394. The maximum atomic E-state index is 11.5. The van der Waals surface area contributed by atoms with Crippen LogP contribution in [0.2, 0.25) is 5.02 Å². The van der Waals surface area contributed by atoms with Crippen LogP contribution in [0.25, 0.3) is 0 Å². The monoisotopic (exact) mass is 334 g/mol. The number of carbonyl (C=O) groups excluding carboxylic acids is 1. The van der Waals surface area contributed by atoms with Crippen molar-refractivity contribution in [3.05, 3.63) is 33.3 Å². The predicted octanol–water partition coefficient (Wildman–Crippen LogP) is 4.66. The van der Waals surface area contributed by atoms with Crippen LogP contribution >= 0.6 is 62.3 Å². The zero-order valence-electron chi connectivity index (χ0n) is 6.53. The second kappa shape index (κ2) is 4.58. The number of alkyl halides is 3. The van der Waals surface area contributed by atoms with Crippen molar-refractivity contribution in [2.24, 2.45) is 0 Å².